The highest BCUT2D eigenvalue weighted by Crippen LogP contribution is 2.49. The molecule has 3 heterocycles. The van der Waals surface area contributed by atoms with Gasteiger partial charge in [0.1, 0.15) is 25.1 Å². The molecule has 46 heavy (non-hydrogen) atoms. The van der Waals surface area contributed by atoms with E-state index >= 15 is 0 Å². The van der Waals surface area contributed by atoms with Gasteiger partial charge in [0.25, 0.3) is 0 Å². The van der Waals surface area contributed by atoms with Gasteiger partial charge in [-0.15, -0.1) is 0 Å². The Labute approximate surface area is 262 Å². The van der Waals surface area contributed by atoms with Gasteiger partial charge in [-0.2, -0.15) is 0 Å². The second kappa shape index (κ2) is 12.7. The number of cyclic esters (lactones) is 1. The molecule has 3 aromatic carbocycles. The molecule has 0 aromatic heterocycles. The van der Waals surface area contributed by atoms with E-state index in [9.17, 15) is 19.5 Å². The first-order valence-electron chi connectivity index (χ1n) is 14.1. The lowest BCUT2D eigenvalue weighted by atomic mass is 9.89. The van der Waals surface area contributed by atoms with E-state index in [1.165, 1.54) is 20.3 Å². The zero-order valence-electron chi connectivity index (χ0n) is 25.1. The lowest BCUT2D eigenvalue weighted by molar-refractivity contribution is -0.251. The van der Waals surface area contributed by atoms with Crippen LogP contribution >= 0.6 is 0 Å². The molecule has 1 saturated heterocycles. The Morgan fingerprint density at radius 1 is 0.978 bits per heavy atom. The SMILES string of the molecule is C=CCOC(=O)O[C@H]1C(Oc2c3c(c(-c4ccc5c(c4)OCO5)c4cc(OC)c(OC)cc24)C(=O)OC3)OC[C@@H](O)[C@@H]1OC(C)=O. The van der Waals surface area contributed by atoms with E-state index in [1.54, 1.807) is 30.3 Å². The molecule has 14 nitrogen and oxygen atoms in total. The summed E-state index contributed by atoms with van der Waals surface area (Å²) in [5.74, 6) is 0.560. The first-order chi connectivity index (χ1) is 22.2. The largest absolute Gasteiger partial charge is 0.509 e. The van der Waals surface area contributed by atoms with Crippen LogP contribution in [0.15, 0.2) is 43.0 Å². The smallest absolute Gasteiger partial charge is 0.493 e. The number of aliphatic hydroxyl groups excluding tert-OH is 1. The Hall–Kier alpha value is -5.21. The zero-order chi connectivity index (χ0) is 32.5. The van der Waals surface area contributed by atoms with Gasteiger partial charge in [0, 0.05) is 23.4 Å². The van der Waals surface area contributed by atoms with Crippen LogP contribution in [0, 0.1) is 0 Å². The Morgan fingerprint density at radius 2 is 1.72 bits per heavy atom. The van der Waals surface area contributed by atoms with Gasteiger partial charge in [0.05, 0.1) is 26.4 Å². The van der Waals surface area contributed by atoms with Gasteiger partial charge in [-0.1, -0.05) is 18.7 Å². The predicted molar refractivity (Wildman–Crippen MR) is 156 cm³/mol. The summed E-state index contributed by atoms with van der Waals surface area (Å²) in [6.45, 7) is 4.02. The molecule has 3 aromatic rings. The fourth-order valence-electron chi connectivity index (χ4n) is 5.60. The average molecular weight is 639 g/mol. The minimum atomic E-state index is -1.50. The average Bonchev–Trinajstić information content (AvgIpc) is 3.68. The summed E-state index contributed by atoms with van der Waals surface area (Å²) < 4.78 is 55.8. The number of esters is 2. The molecule has 1 N–H and O–H groups in total. The van der Waals surface area contributed by atoms with Gasteiger partial charge in [0.15, 0.2) is 29.1 Å². The molecule has 6 rings (SSSR count). The maximum Gasteiger partial charge on any atom is 0.509 e. The van der Waals surface area contributed by atoms with Crippen LogP contribution in [0.1, 0.15) is 22.8 Å². The fraction of sp³-hybridized carbons (Fsp3) is 0.344. The first kappa shape index (κ1) is 30.8. The molecule has 0 aliphatic carbocycles. The van der Waals surface area contributed by atoms with E-state index in [0.717, 1.165) is 6.92 Å². The molecule has 0 bridgehead atoms. The lowest BCUT2D eigenvalue weighted by Crippen LogP contribution is -2.58. The Kier molecular flexibility index (Phi) is 8.47. The van der Waals surface area contributed by atoms with Crippen molar-refractivity contribution in [3.63, 3.8) is 0 Å². The van der Waals surface area contributed by atoms with Gasteiger partial charge < -0.3 is 52.5 Å². The van der Waals surface area contributed by atoms with Crippen LogP contribution in [-0.4, -0.2) is 82.0 Å². The normalized spacial score (nSPS) is 21.2. The minimum Gasteiger partial charge on any atom is -0.493 e. The number of fused-ring (bicyclic) bond motifs is 3. The van der Waals surface area contributed by atoms with Crippen molar-refractivity contribution in [3.05, 3.63) is 54.1 Å². The van der Waals surface area contributed by atoms with Gasteiger partial charge in [-0.3, -0.25) is 4.79 Å². The van der Waals surface area contributed by atoms with Crippen LogP contribution in [-0.2, 0) is 35.1 Å². The van der Waals surface area contributed by atoms with Crippen molar-refractivity contribution in [2.75, 3.05) is 34.2 Å². The molecule has 0 spiro atoms. The number of ether oxygens (including phenoxy) is 10. The van der Waals surface area contributed by atoms with Crippen LogP contribution < -0.4 is 23.7 Å². The highest BCUT2D eigenvalue weighted by atomic mass is 16.8. The summed E-state index contributed by atoms with van der Waals surface area (Å²) in [5, 5.41) is 11.6. The minimum absolute atomic E-state index is 0.0618. The first-order valence-corrected chi connectivity index (χ1v) is 14.1. The quantitative estimate of drug-likeness (QED) is 0.205. The monoisotopic (exact) mass is 638 g/mol. The molecule has 4 atom stereocenters. The maximum atomic E-state index is 13.4. The van der Waals surface area contributed by atoms with Crippen molar-refractivity contribution in [2.45, 2.75) is 38.1 Å². The van der Waals surface area contributed by atoms with E-state index < -0.39 is 42.7 Å². The number of hydrogen-bond donors (Lipinski definition) is 1. The van der Waals surface area contributed by atoms with E-state index in [0.29, 0.717) is 50.5 Å². The number of benzene rings is 3. The molecule has 0 saturated carbocycles. The molecular weight excluding hydrogens is 608 g/mol. The molecular formula is C32H30O14. The molecule has 0 amide bonds. The third-order valence-corrected chi connectivity index (χ3v) is 7.57. The Balaban J connectivity index is 1.53. The molecule has 14 heteroatoms. The highest BCUT2D eigenvalue weighted by molar-refractivity contribution is 6.14. The summed E-state index contributed by atoms with van der Waals surface area (Å²) in [6.07, 6.45) is -5.51. The van der Waals surface area contributed by atoms with Crippen molar-refractivity contribution in [2.24, 2.45) is 0 Å². The number of hydrogen-bond acceptors (Lipinski definition) is 14. The van der Waals surface area contributed by atoms with E-state index in [4.69, 9.17) is 47.4 Å². The Bertz CT molecular complexity index is 1720. The maximum absolute atomic E-state index is 13.4. The number of rotatable bonds is 9. The summed E-state index contributed by atoms with van der Waals surface area (Å²) in [7, 11) is 2.95. The van der Waals surface area contributed by atoms with Crippen LogP contribution in [0.4, 0.5) is 4.79 Å². The number of aliphatic hydroxyl groups is 1. The van der Waals surface area contributed by atoms with Crippen molar-refractivity contribution in [1.29, 1.82) is 0 Å². The topological polar surface area (TPSA) is 164 Å². The second-order valence-corrected chi connectivity index (χ2v) is 10.3. The van der Waals surface area contributed by atoms with Crippen LogP contribution in [0.5, 0.6) is 28.7 Å². The third-order valence-electron chi connectivity index (χ3n) is 7.57. The molecule has 1 unspecified atom stereocenters. The van der Waals surface area contributed by atoms with Crippen molar-refractivity contribution in [1.82, 2.24) is 0 Å². The lowest BCUT2D eigenvalue weighted by Gasteiger charge is -2.39. The molecule has 242 valence electrons. The van der Waals surface area contributed by atoms with E-state index in [1.807, 2.05) is 0 Å². The van der Waals surface area contributed by atoms with Gasteiger partial charge in [-0.05, 0) is 35.2 Å². The van der Waals surface area contributed by atoms with Crippen LogP contribution in [0.25, 0.3) is 21.9 Å². The fourth-order valence-corrected chi connectivity index (χ4v) is 5.60. The standard InChI is InChI=1S/C32H30O14/c1-5-8-39-32(36)46-29-28(44-15(2)33)20(34)13-41-31(29)45-27-18-11-23(38-4)22(37-3)10-17(18)25(26-19(27)12-40-30(26)35)16-6-7-21-24(9-16)43-14-42-21/h5-7,9-11,20,28-29,31,34H,1,8,12-14H2,2-4H3/t20-,28+,29-,31?/m1/s1. The van der Waals surface area contributed by atoms with Gasteiger partial charge in [0.2, 0.25) is 19.2 Å². The molecule has 1 fully saturated rings. The third kappa shape index (κ3) is 5.56. The summed E-state index contributed by atoms with van der Waals surface area (Å²) >= 11 is 0. The number of carbonyl (C=O) groups excluding carboxylic acids is 3. The highest BCUT2D eigenvalue weighted by Gasteiger charge is 2.47. The van der Waals surface area contributed by atoms with Crippen molar-refractivity contribution in [3.8, 4) is 39.9 Å². The summed E-state index contributed by atoms with van der Waals surface area (Å²) in [6, 6.07) is 8.65. The van der Waals surface area contributed by atoms with Crippen LogP contribution in [0.2, 0.25) is 0 Å². The predicted octanol–water partition coefficient (Wildman–Crippen LogP) is 3.66. The van der Waals surface area contributed by atoms with E-state index in [-0.39, 0.29) is 37.9 Å². The second-order valence-electron chi connectivity index (χ2n) is 10.3. The molecule has 3 aliphatic heterocycles. The number of carbonyl (C=O) groups is 3. The van der Waals surface area contributed by atoms with E-state index in [2.05, 4.69) is 6.58 Å². The van der Waals surface area contributed by atoms with Gasteiger partial charge >= 0.3 is 18.1 Å². The molecule has 3 aliphatic rings. The molecule has 0 radical (unpaired) electrons. The number of methoxy groups -OCH3 is 2. The van der Waals surface area contributed by atoms with Crippen LogP contribution in [0.3, 0.4) is 0 Å². The summed E-state index contributed by atoms with van der Waals surface area (Å²) in [5.41, 5.74) is 1.71. The van der Waals surface area contributed by atoms with Gasteiger partial charge in [-0.25, -0.2) is 9.59 Å². The zero-order valence-corrected chi connectivity index (χ0v) is 25.1. The Morgan fingerprint density at radius 3 is 2.43 bits per heavy atom. The van der Waals surface area contributed by atoms with Crippen molar-refractivity contribution >= 4 is 28.9 Å². The van der Waals surface area contributed by atoms with Crippen molar-refractivity contribution < 1.29 is 66.9 Å². The summed E-state index contributed by atoms with van der Waals surface area (Å²) in [4.78, 5) is 37.9.